The first-order chi connectivity index (χ1) is 7.72. The number of rotatable bonds is 6. The lowest BCUT2D eigenvalue weighted by Crippen LogP contribution is -2.33. The van der Waals surface area contributed by atoms with E-state index in [1.54, 1.807) is 13.4 Å². The molecule has 0 spiro atoms. The zero-order valence-corrected chi connectivity index (χ0v) is 10.5. The van der Waals surface area contributed by atoms with E-state index in [4.69, 9.17) is 4.74 Å². The molecule has 90 valence electrons. The van der Waals surface area contributed by atoms with E-state index in [-0.39, 0.29) is 0 Å². The highest BCUT2D eigenvalue weighted by Crippen LogP contribution is 2.21. The predicted molar refractivity (Wildman–Crippen MR) is 64.8 cm³/mol. The Morgan fingerprint density at radius 3 is 2.69 bits per heavy atom. The van der Waals surface area contributed by atoms with Crippen LogP contribution in [-0.4, -0.2) is 29.7 Å². The molecular formula is C12H21N3O. The summed E-state index contributed by atoms with van der Waals surface area (Å²) in [6, 6.07) is 2.36. The summed E-state index contributed by atoms with van der Waals surface area (Å²) in [6.07, 6.45) is 2.64. The molecule has 1 aromatic rings. The number of hydrogen-bond donors (Lipinski definition) is 1. The van der Waals surface area contributed by atoms with Gasteiger partial charge in [0, 0.05) is 18.0 Å². The molecule has 0 bridgehead atoms. The largest absolute Gasteiger partial charge is 0.481 e. The number of methoxy groups -OCH3 is 1. The molecule has 0 aliphatic rings. The van der Waals surface area contributed by atoms with Gasteiger partial charge in [0.25, 0.3) is 0 Å². The van der Waals surface area contributed by atoms with Crippen molar-refractivity contribution in [2.45, 2.75) is 39.2 Å². The molecule has 4 nitrogen and oxygen atoms in total. The van der Waals surface area contributed by atoms with Crippen molar-refractivity contribution < 1.29 is 4.74 Å². The Hall–Kier alpha value is -1.16. The minimum Gasteiger partial charge on any atom is -0.481 e. The van der Waals surface area contributed by atoms with Gasteiger partial charge >= 0.3 is 0 Å². The van der Waals surface area contributed by atoms with Gasteiger partial charge in [-0.1, -0.05) is 20.8 Å². The van der Waals surface area contributed by atoms with Crippen molar-refractivity contribution in [3.05, 3.63) is 18.1 Å². The van der Waals surface area contributed by atoms with Crippen molar-refractivity contribution in [3.63, 3.8) is 0 Å². The second-order valence-electron chi connectivity index (χ2n) is 3.85. The van der Waals surface area contributed by atoms with Gasteiger partial charge < -0.3 is 10.1 Å². The highest BCUT2D eigenvalue weighted by Gasteiger charge is 2.17. The minimum atomic E-state index is 0.363. The van der Waals surface area contributed by atoms with Crippen molar-refractivity contribution >= 4 is 0 Å². The molecule has 0 fully saturated rings. The zero-order valence-electron chi connectivity index (χ0n) is 10.5. The molecule has 0 amide bonds. The van der Waals surface area contributed by atoms with Crippen molar-refractivity contribution in [3.8, 4) is 5.88 Å². The van der Waals surface area contributed by atoms with Crippen LogP contribution in [0.2, 0.25) is 0 Å². The molecule has 1 aromatic heterocycles. The quantitative estimate of drug-likeness (QED) is 0.801. The summed E-state index contributed by atoms with van der Waals surface area (Å²) >= 11 is 0. The molecular weight excluding hydrogens is 202 g/mol. The zero-order chi connectivity index (χ0) is 12.0. The smallest absolute Gasteiger partial charge is 0.216 e. The second-order valence-corrected chi connectivity index (χ2v) is 3.85. The van der Waals surface area contributed by atoms with Crippen LogP contribution >= 0.6 is 0 Å². The van der Waals surface area contributed by atoms with Crippen LogP contribution in [0.3, 0.4) is 0 Å². The van der Waals surface area contributed by atoms with Crippen LogP contribution in [0.5, 0.6) is 5.88 Å². The monoisotopic (exact) mass is 223 g/mol. The molecule has 0 aliphatic carbocycles. The topological polar surface area (TPSA) is 47.0 Å². The van der Waals surface area contributed by atoms with Gasteiger partial charge in [0.2, 0.25) is 5.88 Å². The number of likely N-dealkylation sites (N-methyl/N-ethyl adjacent to an activating group) is 1. The Labute approximate surface area is 97.5 Å². The molecule has 0 saturated heterocycles. The van der Waals surface area contributed by atoms with E-state index in [9.17, 15) is 0 Å². The summed E-state index contributed by atoms with van der Waals surface area (Å²) < 4.78 is 5.11. The van der Waals surface area contributed by atoms with Gasteiger partial charge in [-0.3, -0.25) is 0 Å². The van der Waals surface area contributed by atoms with Gasteiger partial charge in [0.1, 0.15) is 6.33 Å². The van der Waals surface area contributed by atoms with Crippen LogP contribution in [0, 0.1) is 0 Å². The number of ether oxygens (including phenoxy) is 1. The average molecular weight is 223 g/mol. The van der Waals surface area contributed by atoms with E-state index < -0.39 is 0 Å². The minimum absolute atomic E-state index is 0.363. The third-order valence-corrected chi connectivity index (χ3v) is 2.85. The first-order valence-electron chi connectivity index (χ1n) is 5.82. The average Bonchev–Trinajstić information content (AvgIpc) is 2.35. The first-order valence-corrected chi connectivity index (χ1v) is 5.82. The Kier molecular flexibility index (Phi) is 5.19. The summed E-state index contributed by atoms with van der Waals surface area (Å²) in [7, 11) is 1.62. The second kappa shape index (κ2) is 6.43. The maximum absolute atomic E-state index is 5.11. The Bertz CT molecular complexity index is 317. The summed E-state index contributed by atoms with van der Waals surface area (Å²) in [5, 5.41) is 3.47. The van der Waals surface area contributed by atoms with Crippen molar-refractivity contribution in [2.24, 2.45) is 0 Å². The molecule has 4 heteroatoms. The summed E-state index contributed by atoms with van der Waals surface area (Å²) in [6.45, 7) is 7.46. The SMILES string of the molecule is CCNC(CC)C(C)c1cc(OC)ncn1. The fourth-order valence-electron chi connectivity index (χ4n) is 1.86. The molecule has 1 rings (SSSR count). The number of nitrogens with zero attached hydrogens (tertiary/aromatic N) is 2. The fraction of sp³-hybridized carbons (Fsp3) is 0.667. The molecule has 0 saturated carbocycles. The fourth-order valence-corrected chi connectivity index (χ4v) is 1.86. The highest BCUT2D eigenvalue weighted by atomic mass is 16.5. The lowest BCUT2D eigenvalue weighted by molar-refractivity contribution is 0.391. The molecule has 0 aliphatic heterocycles. The molecule has 2 unspecified atom stereocenters. The Morgan fingerprint density at radius 1 is 1.38 bits per heavy atom. The van der Waals surface area contributed by atoms with Gasteiger partial charge in [-0.2, -0.15) is 0 Å². The van der Waals surface area contributed by atoms with Crippen molar-refractivity contribution in [1.29, 1.82) is 0 Å². The van der Waals surface area contributed by atoms with E-state index in [0.717, 1.165) is 18.7 Å². The normalized spacial score (nSPS) is 14.5. The summed E-state index contributed by atoms with van der Waals surface area (Å²) in [5.41, 5.74) is 1.03. The third kappa shape index (κ3) is 3.17. The maximum atomic E-state index is 5.11. The van der Waals surface area contributed by atoms with Crippen LogP contribution in [0.15, 0.2) is 12.4 Å². The molecule has 1 heterocycles. The van der Waals surface area contributed by atoms with Gasteiger partial charge in [-0.15, -0.1) is 0 Å². The maximum Gasteiger partial charge on any atom is 0.216 e. The summed E-state index contributed by atoms with van der Waals surface area (Å²) in [4.78, 5) is 8.32. The van der Waals surface area contributed by atoms with E-state index in [2.05, 4.69) is 36.1 Å². The Balaban J connectivity index is 2.80. The molecule has 0 radical (unpaired) electrons. The van der Waals surface area contributed by atoms with Crippen LogP contribution in [0.25, 0.3) is 0 Å². The van der Waals surface area contributed by atoms with Gasteiger partial charge in [0.05, 0.1) is 12.8 Å². The van der Waals surface area contributed by atoms with Crippen molar-refractivity contribution in [2.75, 3.05) is 13.7 Å². The lowest BCUT2D eigenvalue weighted by Gasteiger charge is -2.23. The molecule has 16 heavy (non-hydrogen) atoms. The number of aromatic nitrogens is 2. The number of nitrogens with one attached hydrogen (secondary N) is 1. The van der Waals surface area contributed by atoms with E-state index in [0.29, 0.717) is 17.8 Å². The molecule has 0 aromatic carbocycles. The van der Waals surface area contributed by atoms with Crippen LogP contribution < -0.4 is 10.1 Å². The lowest BCUT2D eigenvalue weighted by atomic mass is 9.96. The van der Waals surface area contributed by atoms with Crippen molar-refractivity contribution in [1.82, 2.24) is 15.3 Å². The Morgan fingerprint density at radius 2 is 2.12 bits per heavy atom. The van der Waals surface area contributed by atoms with Crippen LogP contribution in [-0.2, 0) is 0 Å². The van der Waals surface area contributed by atoms with E-state index in [1.165, 1.54) is 0 Å². The molecule has 2 atom stereocenters. The summed E-state index contributed by atoms with van der Waals surface area (Å²) in [5.74, 6) is 0.991. The van der Waals surface area contributed by atoms with E-state index >= 15 is 0 Å². The van der Waals surface area contributed by atoms with Gasteiger partial charge in [0.15, 0.2) is 0 Å². The van der Waals surface area contributed by atoms with E-state index in [1.807, 2.05) is 6.07 Å². The first kappa shape index (κ1) is 12.9. The standard InChI is InChI=1S/C12H21N3O/c1-5-10(13-6-2)9(3)11-7-12(16-4)15-8-14-11/h7-10,13H,5-6H2,1-4H3. The molecule has 1 N–H and O–H groups in total. The van der Waals surface area contributed by atoms with Gasteiger partial charge in [-0.05, 0) is 13.0 Å². The van der Waals surface area contributed by atoms with Crippen LogP contribution in [0.4, 0.5) is 0 Å². The predicted octanol–water partition coefficient (Wildman–Crippen LogP) is 1.98. The number of hydrogen-bond acceptors (Lipinski definition) is 4. The van der Waals surface area contributed by atoms with Gasteiger partial charge in [-0.25, -0.2) is 9.97 Å². The highest BCUT2D eigenvalue weighted by molar-refractivity contribution is 5.17. The van der Waals surface area contributed by atoms with Crippen LogP contribution in [0.1, 0.15) is 38.8 Å². The third-order valence-electron chi connectivity index (χ3n) is 2.85.